The first-order valence-electron chi connectivity index (χ1n) is 15.2. The van der Waals surface area contributed by atoms with Crippen molar-refractivity contribution in [3.8, 4) is 0 Å². The lowest BCUT2D eigenvalue weighted by atomic mass is 9.59. The van der Waals surface area contributed by atoms with Gasteiger partial charge in [-0.3, -0.25) is 9.48 Å². The largest absolute Gasteiger partial charge is 0.393 e. The van der Waals surface area contributed by atoms with Crippen LogP contribution in [0.15, 0.2) is 58.5 Å². The van der Waals surface area contributed by atoms with E-state index in [1.165, 1.54) is 44.9 Å². The van der Waals surface area contributed by atoms with E-state index in [4.69, 9.17) is 0 Å². The van der Waals surface area contributed by atoms with Crippen LogP contribution in [0.3, 0.4) is 0 Å². The molecular formula is C32H42N4O4S. The highest BCUT2D eigenvalue weighted by Crippen LogP contribution is 2.53. The van der Waals surface area contributed by atoms with Crippen LogP contribution in [0.5, 0.6) is 0 Å². The van der Waals surface area contributed by atoms with E-state index in [0.29, 0.717) is 17.8 Å². The Balaban J connectivity index is 1.12. The molecule has 0 bridgehead atoms. The average molecular weight is 579 g/mol. The van der Waals surface area contributed by atoms with Gasteiger partial charge in [0.05, 0.1) is 33.7 Å². The highest BCUT2D eigenvalue weighted by atomic mass is 32.2. The van der Waals surface area contributed by atoms with Gasteiger partial charge in [-0.1, -0.05) is 50.3 Å². The van der Waals surface area contributed by atoms with Crippen LogP contribution in [0.2, 0.25) is 0 Å². The van der Waals surface area contributed by atoms with E-state index in [2.05, 4.69) is 15.7 Å². The van der Waals surface area contributed by atoms with Gasteiger partial charge in [0, 0.05) is 25.0 Å². The van der Waals surface area contributed by atoms with Gasteiger partial charge in [0.2, 0.25) is 15.7 Å². The molecule has 1 aliphatic heterocycles. The quantitative estimate of drug-likeness (QED) is 0.393. The second-order valence-electron chi connectivity index (χ2n) is 12.5. The van der Waals surface area contributed by atoms with Gasteiger partial charge in [-0.15, -0.1) is 0 Å². The Morgan fingerprint density at radius 3 is 2.51 bits per heavy atom. The van der Waals surface area contributed by atoms with E-state index in [0.717, 1.165) is 36.8 Å². The molecule has 8 nitrogen and oxygen atoms in total. The van der Waals surface area contributed by atoms with E-state index in [-0.39, 0.29) is 39.3 Å². The Labute approximate surface area is 242 Å². The number of fused-ring (bicyclic) bond motifs is 2. The lowest BCUT2D eigenvalue weighted by Gasteiger charge is -2.47. The van der Waals surface area contributed by atoms with Crippen molar-refractivity contribution in [2.75, 3.05) is 0 Å². The highest BCUT2D eigenvalue weighted by molar-refractivity contribution is 7.91. The minimum Gasteiger partial charge on any atom is -0.393 e. The van der Waals surface area contributed by atoms with Crippen LogP contribution in [0.25, 0.3) is 10.9 Å². The SMILES string of the molecule is Cn1ncc2c(S(=O)(=O)c3ccc(CNC(=O)C4CC5(C6CCCCCCC6)CC(O)CCC5N4)cc3)cccc21. The summed E-state index contributed by atoms with van der Waals surface area (Å²) in [6, 6.07) is 12.0. The van der Waals surface area contributed by atoms with Crippen molar-refractivity contribution in [3.05, 3.63) is 54.2 Å². The van der Waals surface area contributed by atoms with Crippen LogP contribution in [0.1, 0.15) is 76.2 Å². The van der Waals surface area contributed by atoms with Crippen LogP contribution in [0.4, 0.5) is 0 Å². The third kappa shape index (κ3) is 5.44. The molecule has 1 amide bonds. The second-order valence-corrected chi connectivity index (χ2v) is 14.4. The van der Waals surface area contributed by atoms with Crippen molar-refractivity contribution in [1.82, 2.24) is 20.4 Å². The van der Waals surface area contributed by atoms with Gasteiger partial charge in [0.25, 0.3) is 0 Å². The third-order valence-electron chi connectivity index (χ3n) is 10.1. The van der Waals surface area contributed by atoms with Crippen LogP contribution in [0, 0.1) is 11.3 Å². The maximum atomic E-state index is 13.4. The van der Waals surface area contributed by atoms with Crippen LogP contribution in [-0.2, 0) is 28.2 Å². The fourth-order valence-corrected chi connectivity index (χ4v) is 9.37. The summed E-state index contributed by atoms with van der Waals surface area (Å²) in [4.78, 5) is 13.8. The molecule has 1 aromatic heterocycles. The number of rotatable bonds is 6. The maximum Gasteiger partial charge on any atom is 0.237 e. The number of sulfone groups is 1. The first kappa shape index (κ1) is 28.4. The summed E-state index contributed by atoms with van der Waals surface area (Å²) in [6.45, 7) is 0.333. The fraction of sp³-hybridized carbons (Fsp3) is 0.562. The molecule has 6 rings (SSSR count). The van der Waals surface area contributed by atoms with Gasteiger partial charge in [0.1, 0.15) is 0 Å². The number of benzene rings is 2. The lowest BCUT2D eigenvalue weighted by Crippen LogP contribution is -2.49. The number of aromatic nitrogens is 2. The number of carbonyl (C=O) groups excluding carboxylic acids is 1. The Morgan fingerprint density at radius 2 is 1.76 bits per heavy atom. The maximum absolute atomic E-state index is 13.4. The predicted octanol–water partition coefficient (Wildman–Crippen LogP) is 4.64. The number of nitrogens with zero attached hydrogens (tertiary/aromatic N) is 2. The number of hydrogen-bond acceptors (Lipinski definition) is 6. The standard InChI is InChI=1S/C32H42N4O4S/c1-36-28-10-7-11-29(26(28)21-34-36)41(39,40)25-15-12-22(13-16-25)20-33-31(38)27-19-32(18-24(37)14-17-30(32)35-27)23-8-5-3-2-4-6-9-23/h7,10-13,15-16,21,23-24,27,30,35,37H,2-6,8-9,14,17-20H2,1H3,(H,33,38). The van der Waals surface area contributed by atoms with Crippen molar-refractivity contribution >= 4 is 26.6 Å². The summed E-state index contributed by atoms with van der Waals surface area (Å²) in [5.41, 5.74) is 1.60. The molecular weight excluding hydrogens is 536 g/mol. The second kappa shape index (κ2) is 11.5. The summed E-state index contributed by atoms with van der Waals surface area (Å²) in [7, 11) is -1.93. The summed E-state index contributed by atoms with van der Waals surface area (Å²) in [5.74, 6) is 0.541. The minimum absolute atomic E-state index is 0.00977. The number of carbonyl (C=O) groups is 1. The van der Waals surface area contributed by atoms with Crippen LogP contribution in [-0.4, -0.2) is 47.4 Å². The fourth-order valence-electron chi connectivity index (χ4n) is 7.91. The Kier molecular flexibility index (Phi) is 7.96. The zero-order chi connectivity index (χ0) is 28.6. The molecule has 3 aliphatic rings. The van der Waals surface area contributed by atoms with Gasteiger partial charge in [-0.25, -0.2) is 8.42 Å². The van der Waals surface area contributed by atoms with Gasteiger partial charge in [-0.2, -0.15) is 5.10 Å². The van der Waals surface area contributed by atoms with Gasteiger partial charge < -0.3 is 15.7 Å². The molecule has 0 radical (unpaired) electrons. The van der Waals surface area contributed by atoms with E-state index >= 15 is 0 Å². The van der Waals surface area contributed by atoms with Gasteiger partial charge in [0.15, 0.2) is 0 Å². The number of hydrogen-bond donors (Lipinski definition) is 3. The molecule has 0 spiro atoms. The number of aliphatic hydroxyl groups is 1. The summed E-state index contributed by atoms with van der Waals surface area (Å²) >= 11 is 0. The zero-order valence-corrected chi connectivity index (χ0v) is 24.7. The van der Waals surface area contributed by atoms with E-state index in [9.17, 15) is 18.3 Å². The van der Waals surface area contributed by atoms with Crippen LogP contribution < -0.4 is 10.6 Å². The molecule has 2 aliphatic carbocycles. The van der Waals surface area contributed by atoms with Gasteiger partial charge >= 0.3 is 0 Å². The Hall–Kier alpha value is -2.75. The molecule has 3 aromatic rings. The normalized spacial score (nSPS) is 27.7. The van der Waals surface area contributed by atoms with Crippen molar-refractivity contribution < 1.29 is 18.3 Å². The first-order chi connectivity index (χ1) is 19.8. The topological polar surface area (TPSA) is 113 Å². The van der Waals surface area contributed by atoms with E-state index < -0.39 is 9.84 Å². The summed E-state index contributed by atoms with van der Waals surface area (Å²) in [5, 5.41) is 22.3. The molecule has 2 heterocycles. The first-order valence-corrected chi connectivity index (χ1v) is 16.7. The number of nitrogens with one attached hydrogen (secondary N) is 2. The predicted molar refractivity (Wildman–Crippen MR) is 158 cm³/mol. The highest BCUT2D eigenvalue weighted by Gasteiger charge is 2.55. The lowest BCUT2D eigenvalue weighted by molar-refractivity contribution is -0.123. The van der Waals surface area contributed by atoms with E-state index in [1.54, 1.807) is 54.3 Å². The molecule has 41 heavy (non-hydrogen) atoms. The molecule has 4 atom stereocenters. The van der Waals surface area contributed by atoms with Crippen molar-refractivity contribution in [2.45, 2.75) is 105 Å². The molecule has 2 saturated carbocycles. The third-order valence-corrected chi connectivity index (χ3v) is 11.9. The van der Waals surface area contributed by atoms with Crippen molar-refractivity contribution in [1.29, 1.82) is 0 Å². The molecule has 1 saturated heterocycles. The van der Waals surface area contributed by atoms with Crippen molar-refractivity contribution in [2.24, 2.45) is 18.4 Å². The number of aliphatic hydroxyl groups excluding tert-OH is 1. The molecule has 4 unspecified atom stereocenters. The Bertz CT molecular complexity index is 1490. The number of aryl methyl sites for hydroxylation is 1. The van der Waals surface area contributed by atoms with Crippen LogP contribution >= 0.6 is 0 Å². The minimum atomic E-state index is -3.72. The smallest absolute Gasteiger partial charge is 0.237 e. The molecule has 2 aromatic carbocycles. The van der Waals surface area contributed by atoms with E-state index in [1.807, 2.05) is 6.07 Å². The van der Waals surface area contributed by atoms with Gasteiger partial charge in [-0.05, 0) is 79.7 Å². The molecule has 9 heteroatoms. The molecule has 3 fully saturated rings. The molecule has 220 valence electrons. The summed E-state index contributed by atoms with van der Waals surface area (Å²) < 4.78 is 28.5. The number of amides is 1. The Morgan fingerprint density at radius 1 is 1.02 bits per heavy atom. The van der Waals surface area contributed by atoms with Crippen molar-refractivity contribution in [3.63, 3.8) is 0 Å². The summed E-state index contributed by atoms with van der Waals surface area (Å²) in [6.07, 6.45) is 13.4. The zero-order valence-electron chi connectivity index (χ0n) is 23.9. The molecule has 3 N–H and O–H groups in total. The average Bonchev–Trinajstić information content (AvgIpc) is 3.52. The monoisotopic (exact) mass is 578 g/mol.